The predicted octanol–water partition coefficient (Wildman–Crippen LogP) is 2.01. The van der Waals surface area contributed by atoms with Crippen LogP contribution < -0.4 is 5.56 Å². The number of carbonyl (C=O) groups excluding carboxylic acids is 2. The lowest BCUT2D eigenvalue weighted by Crippen LogP contribution is -2.27. The Hall–Kier alpha value is -3.29. The predicted molar refractivity (Wildman–Crippen MR) is 119 cm³/mol. The molecule has 2 aromatic rings. The summed E-state index contributed by atoms with van der Waals surface area (Å²) in [6.07, 6.45) is 1.89. The van der Waals surface area contributed by atoms with Crippen LogP contribution in [-0.2, 0) is 26.0 Å². The quantitative estimate of drug-likeness (QED) is 0.459. The first-order valence-electron chi connectivity index (χ1n) is 10.6. The Labute approximate surface area is 192 Å². The van der Waals surface area contributed by atoms with Gasteiger partial charge in [0.2, 0.25) is 10.0 Å². The summed E-state index contributed by atoms with van der Waals surface area (Å²) in [6, 6.07) is 7.46. The standard InChI is InChI=1S/C23H25N3O6S/c1-15-19(16(2)25-23(29)20(15)13-24)9-10-22(28)32-14-21(27)17-5-7-18(8-6-17)33(30,31)26-11-3-4-12-26/h5-8H,3-4,9-12,14H2,1-2H3,(H,25,29). The van der Waals surface area contributed by atoms with Crippen LogP contribution in [-0.4, -0.2) is 49.2 Å². The normalized spacial score (nSPS) is 14.1. The van der Waals surface area contributed by atoms with Crippen molar-refractivity contribution >= 4 is 21.8 Å². The number of hydrogen-bond donors (Lipinski definition) is 1. The van der Waals surface area contributed by atoms with Gasteiger partial charge < -0.3 is 9.72 Å². The fourth-order valence-electron chi connectivity index (χ4n) is 3.84. The van der Waals surface area contributed by atoms with E-state index in [0.717, 1.165) is 12.8 Å². The number of nitriles is 1. The summed E-state index contributed by atoms with van der Waals surface area (Å²) in [6.45, 7) is 3.86. The van der Waals surface area contributed by atoms with E-state index in [2.05, 4.69) is 4.98 Å². The number of nitrogens with one attached hydrogen (secondary N) is 1. The summed E-state index contributed by atoms with van der Waals surface area (Å²) in [5.74, 6) is -1.04. The van der Waals surface area contributed by atoms with E-state index in [-0.39, 0.29) is 28.9 Å². The zero-order valence-electron chi connectivity index (χ0n) is 18.5. The summed E-state index contributed by atoms with van der Waals surface area (Å²) in [7, 11) is -3.56. The molecule has 0 radical (unpaired) electrons. The van der Waals surface area contributed by atoms with Gasteiger partial charge in [-0.05, 0) is 68.5 Å². The number of sulfonamides is 1. The maximum Gasteiger partial charge on any atom is 0.306 e. The van der Waals surface area contributed by atoms with E-state index >= 15 is 0 Å². The first-order valence-corrected chi connectivity index (χ1v) is 12.0. The Balaban J connectivity index is 1.56. The van der Waals surface area contributed by atoms with Crippen molar-refractivity contribution in [3.8, 4) is 6.07 Å². The molecule has 0 unspecified atom stereocenters. The number of esters is 1. The van der Waals surface area contributed by atoms with Gasteiger partial charge in [0.05, 0.1) is 4.90 Å². The Bertz CT molecular complexity index is 1270. The lowest BCUT2D eigenvalue weighted by Gasteiger charge is -2.15. The molecule has 1 aliphatic heterocycles. The molecule has 1 fully saturated rings. The highest BCUT2D eigenvalue weighted by molar-refractivity contribution is 7.89. The van der Waals surface area contributed by atoms with Crippen LogP contribution in [0.1, 0.15) is 52.0 Å². The zero-order valence-corrected chi connectivity index (χ0v) is 19.3. The van der Waals surface area contributed by atoms with Gasteiger partial charge in [0, 0.05) is 30.8 Å². The van der Waals surface area contributed by atoms with Gasteiger partial charge in [-0.1, -0.05) is 0 Å². The number of Topliss-reactive ketones (excluding diaryl/α,β-unsaturated/α-hetero) is 1. The summed E-state index contributed by atoms with van der Waals surface area (Å²) < 4.78 is 31.6. The van der Waals surface area contributed by atoms with Crippen molar-refractivity contribution in [3.63, 3.8) is 0 Å². The second-order valence-corrected chi connectivity index (χ2v) is 9.83. The molecule has 0 aliphatic carbocycles. The van der Waals surface area contributed by atoms with Gasteiger partial charge >= 0.3 is 5.97 Å². The molecule has 0 saturated carbocycles. The number of pyridine rings is 1. The average Bonchev–Trinajstić information content (AvgIpc) is 3.33. The largest absolute Gasteiger partial charge is 0.457 e. The highest BCUT2D eigenvalue weighted by Crippen LogP contribution is 2.21. The molecule has 0 atom stereocenters. The summed E-state index contributed by atoms with van der Waals surface area (Å²) >= 11 is 0. The number of aromatic amines is 1. The molecule has 1 aliphatic rings. The maximum absolute atomic E-state index is 12.6. The van der Waals surface area contributed by atoms with Crippen molar-refractivity contribution in [2.75, 3.05) is 19.7 Å². The average molecular weight is 472 g/mol. The lowest BCUT2D eigenvalue weighted by atomic mass is 9.99. The van der Waals surface area contributed by atoms with Crippen LogP contribution in [0.15, 0.2) is 34.0 Å². The molecule has 0 bridgehead atoms. The number of rotatable bonds is 8. The summed E-state index contributed by atoms with van der Waals surface area (Å²) in [4.78, 5) is 39.0. The summed E-state index contributed by atoms with van der Waals surface area (Å²) in [5.41, 5.74) is 1.56. The highest BCUT2D eigenvalue weighted by Gasteiger charge is 2.27. The van der Waals surface area contributed by atoms with Crippen LogP contribution in [0, 0.1) is 25.2 Å². The fraction of sp³-hybridized carbons (Fsp3) is 0.391. The van der Waals surface area contributed by atoms with Gasteiger partial charge in [0.25, 0.3) is 5.56 Å². The van der Waals surface area contributed by atoms with E-state index in [0.29, 0.717) is 29.9 Å². The van der Waals surface area contributed by atoms with Gasteiger partial charge in [0.1, 0.15) is 11.6 Å². The van der Waals surface area contributed by atoms with Gasteiger partial charge in [-0.15, -0.1) is 0 Å². The number of ketones is 1. The topological polar surface area (TPSA) is 137 Å². The zero-order chi connectivity index (χ0) is 24.2. The molecular formula is C23H25N3O6S. The van der Waals surface area contributed by atoms with E-state index in [1.54, 1.807) is 13.8 Å². The Kier molecular flexibility index (Phi) is 7.46. The van der Waals surface area contributed by atoms with E-state index in [9.17, 15) is 22.8 Å². The van der Waals surface area contributed by atoms with Crippen LogP contribution in [0.25, 0.3) is 0 Å². The molecule has 1 N–H and O–H groups in total. The number of hydrogen-bond acceptors (Lipinski definition) is 7. The van der Waals surface area contributed by atoms with Gasteiger partial charge in [-0.25, -0.2) is 8.42 Å². The third kappa shape index (κ3) is 5.38. The van der Waals surface area contributed by atoms with Crippen molar-refractivity contribution in [1.82, 2.24) is 9.29 Å². The lowest BCUT2D eigenvalue weighted by molar-refractivity contribution is -0.142. The van der Waals surface area contributed by atoms with Crippen LogP contribution in [0.5, 0.6) is 0 Å². The minimum Gasteiger partial charge on any atom is -0.457 e. The number of benzene rings is 1. The van der Waals surface area contributed by atoms with Crippen molar-refractivity contribution in [2.45, 2.75) is 44.4 Å². The molecule has 3 rings (SSSR count). The highest BCUT2D eigenvalue weighted by atomic mass is 32.2. The minimum atomic E-state index is -3.56. The number of carbonyl (C=O) groups is 2. The number of ether oxygens (including phenoxy) is 1. The van der Waals surface area contributed by atoms with Crippen LogP contribution in [0.3, 0.4) is 0 Å². The van der Waals surface area contributed by atoms with Gasteiger partial charge in [0.15, 0.2) is 12.4 Å². The third-order valence-corrected chi connectivity index (χ3v) is 7.66. The van der Waals surface area contributed by atoms with Gasteiger partial charge in [-0.3, -0.25) is 14.4 Å². The van der Waals surface area contributed by atoms with Crippen LogP contribution in [0.2, 0.25) is 0 Å². The SMILES string of the molecule is Cc1[nH]c(=O)c(C#N)c(C)c1CCC(=O)OCC(=O)c1ccc(S(=O)(=O)N2CCCC2)cc1. The molecule has 0 amide bonds. The van der Waals surface area contributed by atoms with Gasteiger partial charge in [-0.2, -0.15) is 9.57 Å². The summed E-state index contributed by atoms with van der Waals surface area (Å²) in [5, 5.41) is 9.13. The number of aryl methyl sites for hydroxylation is 1. The van der Waals surface area contributed by atoms with E-state index in [1.165, 1.54) is 28.6 Å². The van der Waals surface area contributed by atoms with E-state index < -0.39 is 33.9 Å². The molecule has 33 heavy (non-hydrogen) atoms. The molecule has 0 spiro atoms. The molecule has 10 heteroatoms. The fourth-order valence-corrected chi connectivity index (χ4v) is 5.36. The molecule has 174 valence electrons. The maximum atomic E-state index is 12.6. The molecule has 1 aromatic carbocycles. The number of H-pyrrole nitrogens is 1. The Morgan fingerprint density at radius 3 is 2.39 bits per heavy atom. The first-order chi connectivity index (χ1) is 15.6. The number of nitrogens with zero attached hydrogens (tertiary/aromatic N) is 2. The monoisotopic (exact) mass is 471 g/mol. The molecule has 1 aromatic heterocycles. The molecule has 1 saturated heterocycles. The van der Waals surface area contributed by atoms with E-state index in [4.69, 9.17) is 10.00 Å². The van der Waals surface area contributed by atoms with Crippen LogP contribution in [0.4, 0.5) is 0 Å². The van der Waals surface area contributed by atoms with Crippen molar-refractivity contribution < 1.29 is 22.7 Å². The second kappa shape index (κ2) is 10.1. The molecule has 9 nitrogen and oxygen atoms in total. The minimum absolute atomic E-state index is 0.00865. The third-order valence-electron chi connectivity index (χ3n) is 5.74. The van der Waals surface area contributed by atoms with Crippen molar-refractivity contribution in [3.05, 3.63) is 62.6 Å². The van der Waals surface area contributed by atoms with E-state index in [1.807, 2.05) is 6.07 Å². The first kappa shape index (κ1) is 24.4. The molecular weight excluding hydrogens is 446 g/mol. The number of aromatic nitrogens is 1. The Morgan fingerprint density at radius 1 is 1.15 bits per heavy atom. The molecule has 2 heterocycles. The second-order valence-electron chi connectivity index (χ2n) is 7.89. The van der Waals surface area contributed by atoms with Crippen molar-refractivity contribution in [1.29, 1.82) is 5.26 Å². The Morgan fingerprint density at radius 2 is 1.79 bits per heavy atom. The van der Waals surface area contributed by atoms with Crippen molar-refractivity contribution in [2.24, 2.45) is 0 Å². The smallest absolute Gasteiger partial charge is 0.306 e. The van der Waals surface area contributed by atoms with Crippen LogP contribution >= 0.6 is 0 Å².